The van der Waals surface area contributed by atoms with Crippen LogP contribution in [-0.2, 0) is 14.1 Å². The minimum atomic E-state index is -2.61. The van der Waals surface area contributed by atoms with Crippen molar-refractivity contribution < 1.29 is 14.1 Å². The molecule has 0 unspecified atom stereocenters. The maximum Gasteiger partial charge on any atom is 0.269 e. The standard InChI is InChI=1S/C26H37NO3Si/c1-7-15-22(16-14-21-25(28)27(5)29-6)30-31(26(2,3)4,23-17-10-8-11-18-23)24-19-12-9-13-20-24/h8-14,17-22H,7,15-16H2,1-6H3/b21-14+/t22-/m1/s1. The molecule has 0 fully saturated rings. The van der Waals surface area contributed by atoms with Crippen molar-refractivity contribution in [1.82, 2.24) is 5.06 Å². The molecular formula is C26H37NO3Si. The molecule has 168 valence electrons. The number of hydrogen-bond acceptors (Lipinski definition) is 3. The van der Waals surface area contributed by atoms with E-state index in [4.69, 9.17) is 9.26 Å². The van der Waals surface area contributed by atoms with Gasteiger partial charge in [-0.25, -0.2) is 5.06 Å². The number of rotatable bonds is 10. The van der Waals surface area contributed by atoms with Gasteiger partial charge in [-0.05, 0) is 28.3 Å². The molecule has 2 rings (SSSR count). The average molecular weight is 440 g/mol. The number of carbonyl (C=O) groups excluding carboxylic acids is 1. The second-order valence-electron chi connectivity index (χ2n) is 8.85. The van der Waals surface area contributed by atoms with Crippen molar-refractivity contribution in [3.8, 4) is 0 Å². The number of carbonyl (C=O) groups is 1. The van der Waals surface area contributed by atoms with Crippen LogP contribution in [0.15, 0.2) is 72.8 Å². The van der Waals surface area contributed by atoms with Crippen molar-refractivity contribution in [2.75, 3.05) is 14.2 Å². The van der Waals surface area contributed by atoms with E-state index in [0.717, 1.165) is 12.8 Å². The first-order valence-electron chi connectivity index (χ1n) is 11.0. The molecule has 4 nitrogen and oxygen atoms in total. The van der Waals surface area contributed by atoms with Crippen LogP contribution in [0.1, 0.15) is 47.0 Å². The van der Waals surface area contributed by atoms with Crippen molar-refractivity contribution in [3.63, 3.8) is 0 Å². The van der Waals surface area contributed by atoms with Crippen LogP contribution in [-0.4, -0.2) is 39.5 Å². The lowest BCUT2D eigenvalue weighted by Gasteiger charge is -2.45. The summed E-state index contributed by atoms with van der Waals surface area (Å²) < 4.78 is 7.22. The summed E-state index contributed by atoms with van der Waals surface area (Å²) in [4.78, 5) is 17.0. The van der Waals surface area contributed by atoms with Gasteiger partial charge < -0.3 is 4.43 Å². The Labute approximate surface area is 189 Å². The molecule has 1 amide bonds. The highest BCUT2D eigenvalue weighted by molar-refractivity contribution is 6.99. The van der Waals surface area contributed by atoms with Crippen molar-refractivity contribution in [2.24, 2.45) is 0 Å². The maximum absolute atomic E-state index is 12.1. The summed E-state index contributed by atoms with van der Waals surface area (Å²) in [5.74, 6) is -0.178. The summed E-state index contributed by atoms with van der Waals surface area (Å²) >= 11 is 0. The van der Waals surface area contributed by atoms with Crippen LogP contribution in [0, 0.1) is 0 Å². The Hall–Kier alpha value is -2.21. The van der Waals surface area contributed by atoms with Crippen LogP contribution in [0.2, 0.25) is 5.04 Å². The van der Waals surface area contributed by atoms with E-state index in [-0.39, 0.29) is 17.0 Å². The topological polar surface area (TPSA) is 38.8 Å². The number of likely N-dealkylation sites (N-methyl/N-ethyl adjacent to an activating group) is 1. The lowest BCUT2D eigenvalue weighted by Crippen LogP contribution is -2.67. The summed E-state index contributed by atoms with van der Waals surface area (Å²) in [7, 11) is 0.481. The zero-order valence-corrected chi connectivity index (χ0v) is 20.8. The zero-order chi connectivity index (χ0) is 22.9. The normalized spacial score (nSPS) is 13.4. The molecule has 5 heteroatoms. The molecule has 2 aromatic rings. The number of amides is 1. The first-order chi connectivity index (χ1) is 14.8. The third-order valence-corrected chi connectivity index (χ3v) is 10.7. The van der Waals surface area contributed by atoms with Gasteiger partial charge in [0.05, 0.1) is 7.11 Å². The predicted molar refractivity (Wildman–Crippen MR) is 131 cm³/mol. The summed E-state index contributed by atoms with van der Waals surface area (Å²) in [5, 5.41) is 3.69. The van der Waals surface area contributed by atoms with Gasteiger partial charge in [-0.15, -0.1) is 0 Å². The fourth-order valence-electron chi connectivity index (χ4n) is 4.00. The number of hydrogen-bond donors (Lipinski definition) is 0. The first kappa shape index (κ1) is 25.1. The molecule has 0 saturated carbocycles. The van der Waals surface area contributed by atoms with Gasteiger partial charge in [-0.1, -0.05) is 101 Å². The van der Waals surface area contributed by atoms with E-state index in [9.17, 15) is 4.79 Å². The van der Waals surface area contributed by atoms with Crippen molar-refractivity contribution in [3.05, 3.63) is 72.8 Å². The molecule has 0 aromatic heterocycles. The fourth-order valence-corrected chi connectivity index (χ4v) is 8.73. The molecule has 0 N–H and O–H groups in total. The number of benzene rings is 2. The highest BCUT2D eigenvalue weighted by Gasteiger charge is 2.51. The Morgan fingerprint density at radius 3 is 1.97 bits per heavy atom. The summed E-state index contributed by atoms with van der Waals surface area (Å²) in [5.41, 5.74) is 0. The van der Waals surface area contributed by atoms with Gasteiger partial charge in [0, 0.05) is 19.2 Å². The van der Waals surface area contributed by atoms with Gasteiger partial charge in [-0.2, -0.15) is 0 Å². The third-order valence-electron chi connectivity index (χ3n) is 5.61. The third kappa shape index (κ3) is 6.16. The van der Waals surface area contributed by atoms with Crippen LogP contribution < -0.4 is 10.4 Å². The van der Waals surface area contributed by atoms with E-state index in [1.165, 1.54) is 22.5 Å². The Morgan fingerprint density at radius 1 is 1.03 bits per heavy atom. The molecule has 0 spiro atoms. The zero-order valence-electron chi connectivity index (χ0n) is 19.8. The van der Waals surface area contributed by atoms with Gasteiger partial charge >= 0.3 is 0 Å². The molecule has 0 heterocycles. The summed E-state index contributed by atoms with van der Waals surface area (Å²) in [6.07, 6.45) is 6.14. The van der Waals surface area contributed by atoms with Crippen LogP contribution in [0.5, 0.6) is 0 Å². The van der Waals surface area contributed by atoms with E-state index < -0.39 is 8.32 Å². The molecule has 0 aliphatic rings. The van der Waals surface area contributed by atoms with Crippen LogP contribution in [0.25, 0.3) is 0 Å². The van der Waals surface area contributed by atoms with E-state index >= 15 is 0 Å². The summed E-state index contributed by atoms with van der Waals surface area (Å²) in [6.45, 7) is 9.04. The minimum Gasteiger partial charge on any atom is -0.404 e. The highest BCUT2D eigenvalue weighted by atomic mass is 28.4. The van der Waals surface area contributed by atoms with Crippen molar-refractivity contribution in [1.29, 1.82) is 0 Å². The largest absolute Gasteiger partial charge is 0.404 e. The SMILES string of the molecule is CCC[C@H](C/C=C/C(=O)N(C)OC)O[Si](c1ccccc1)(c1ccccc1)C(C)(C)C. The van der Waals surface area contributed by atoms with Crippen LogP contribution >= 0.6 is 0 Å². The molecule has 2 aromatic carbocycles. The van der Waals surface area contributed by atoms with E-state index in [0.29, 0.717) is 6.42 Å². The fraction of sp³-hybridized carbons (Fsp3) is 0.423. The first-order valence-corrected chi connectivity index (χ1v) is 12.9. The van der Waals surface area contributed by atoms with Gasteiger partial charge in [0.25, 0.3) is 14.2 Å². The van der Waals surface area contributed by atoms with E-state index in [1.54, 1.807) is 13.1 Å². The molecule has 0 radical (unpaired) electrons. The molecule has 0 bridgehead atoms. The maximum atomic E-state index is 12.1. The Kier molecular flexibility index (Phi) is 9.23. The van der Waals surface area contributed by atoms with Crippen LogP contribution in [0.3, 0.4) is 0 Å². The van der Waals surface area contributed by atoms with Gasteiger partial charge in [0.15, 0.2) is 0 Å². The Bertz CT molecular complexity index is 791. The molecule has 31 heavy (non-hydrogen) atoms. The average Bonchev–Trinajstić information content (AvgIpc) is 2.77. The molecule has 0 aliphatic carbocycles. The Morgan fingerprint density at radius 2 is 1.55 bits per heavy atom. The second kappa shape index (κ2) is 11.4. The molecular weight excluding hydrogens is 402 g/mol. The molecule has 1 atom stereocenters. The Balaban J connectivity index is 2.47. The molecule has 0 saturated heterocycles. The monoisotopic (exact) mass is 439 g/mol. The van der Waals surface area contributed by atoms with Crippen molar-refractivity contribution in [2.45, 2.75) is 58.1 Å². The predicted octanol–water partition coefficient (Wildman–Crippen LogP) is 4.70. The molecule has 0 aliphatic heterocycles. The summed E-state index contributed by atoms with van der Waals surface area (Å²) in [6, 6.07) is 21.3. The quantitative estimate of drug-likeness (QED) is 0.306. The van der Waals surface area contributed by atoms with E-state index in [2.05, 4.69) is 88.4 Å². The van der Waals surface area contributed by atoms with Crippen molar-refractivity contribution >= 4 is 24.6 Å². The number of nitrogens with zero attached hydrogens (tertiary/aromatic N) is 1. The smallest absolute Gasteiger partial charge is 0.269 e. The lowest BCUT2D eigenvalue weighted by molar-refractivity contribution is -0.162. The van der Waals surface area contributed by atoms with Crippen LogP contribution in [0.4, 0.5) is 0 Å². The lowest BCUT2D eigenvalue weighted by atomic mass is 10.1. The van der Waals surface area contributed by atoms with E-state index in [1.807, 2.05) is 6.08 Å². The highest BCUT2D eigenvalue weighted by Crippen LogP contribution is 2.38. The number of hydroxylamine groups is 2. The minimum absolute atomic E-state index is 0.0215. The van der Waals surface area contributed by atoms with Gasteiger partial charge in [0.2, 0.25) is 0 Å². The van der Waals surface area contributed by atoms with Gasteiger partial charge in [-0.3, -0.25) is 9.63 Å². The second-order valence-corrected chi connectivity index (χ2v) is 13.1. The van der Waals surface area contributed by atoms with Gasteiger partial charge in [0.1, 0.15) is 0 Å².